The van der Waals surface area contributed by atoms with Crippen molar-refractivity contribution in [3.8, 4) is 11.5 Å². The highest BCUT2D eigenvalue weighted by Gasteiger charge is 2.36. The number of hydrogen-bond donors (Lipinski definition) is 1. The second-order valence-electron chi connectivity index (χ2n) is 8.98. The minimum atomic E-state index is -0.541. The van der Waals surface area contributed by atoms with Crippen LogP contribution in [0.25, 0.3) is 6.08 Å². The van der Waals surface area contributed by atoms with Crippen LogP contribution in [0, 0.1) is 6.92 Å². The minimum absolute atomic E-state index is 0.210. The number of aryl methyl sites for hydroxylation is 1. The number of nitrogens with one attached hydrogen (secondary N) is 1. The number of rotatable bonds is 11. The Morgan fingerprint density at radius 1 is 1.10 bits per heavy atom. The van der Waals surface area contributed by atoms with Gasteiger partial charge in [0.2, 0.25) is 5.91 Å². The molecule has 0 spiro atoms. The highest BCUT2D eigenvalue weighted by molar-refractivity contribution is 8.18. The summed E-state index contributed by atoms with van der Waals surface area (Å²) in [5.74, 6) is 0.0877. The van der Waals surface area contributed by atoms with E-state index >= 15 is 0 Å². The van der Waals surface area contributed by atoms with Crippen molar-refractivity contribution >= 4 is 52.2 Å². The average Bonchev–Trinajstić information content (AvgIpc) is 3.18. The molecule has 9 heteroatoms. The number of benzene rings is 3. The number of carbonyl (C=O) groups is 3. The summed E-state index contributed by atoms with van der Waals surface area (Å²) in [6, 6.07) is 18.6. The SMILES string of the molecule is C=CCc1cc(/C=C2\SC(=O)N(CC(=O)Nc3cc(Cl)ccc3C)C2=O)cc(OCC)c1OCc1ccccc1. The number of anilines is 1. The van der Waals surface area contributed by atoms with Crippen molar-refractivity contribution in [1.29, 1.82) is 0 Å². The van der Waals surface area contributed by atoms with Gasteiger partial charge in [-0.3, -0.25) is 19.3 Å². The van der Waals surface area contributed by atoms with Crippen molar-refractivity contribution in [1.82, 2.24) is 4.90 Å². The molecule has 3 aromatic rings. The molecule has 1 N–H and O–H groups in total. The number of thioether (sulfide) groups is 1. The number of imide groups is 1. The molecule has 7 nitrogen and oxygen atoms in total. The van der Waals surface area contributed by atoms with E-state index in [9.17, 15) is 14.4 Å². The Balaban J connectivity index is 1.55. The fraction of sp³-hybridized carbons (Fsp3) is 0.194. The predicted octanol–water partition coefficient (Wildman–Crippen LogP) is 7.03. The average molecular weight is 577 g/mol. The predicted molar refractivity (Wildman–Crippen MR) is 160 cm³/mol. The van der Waals surface area contributed by atoms with Crippen molar-refractivity contribution < 1.29 is 23.9 Å². The molecule has 1 aliphatic heterocycles. The van der Waals surface area contributed by atoms with Crippen LogP contribution in [0.15, 0.2) is 78.2 Å². The van der Waals surface area contributed by atoms with Crippen LogP contribution >= 0.6 is 23.4 Å². The molecule has 1 fully saturated rings. The van der Waals surface area contributed by atoms with Gasteiger partial charge in [-0.2, -0.15) is 0 Å². The zero-order chi connectivity index (χ0) is 28.6. The summed E-state index contributed by atoms with van der Waals surface area (Å²) in [7, 11) is 0. The Bertz CT molecular complexity index is 1470. The molecule has 0 unspecified atom stereocenters. The summed E-state index contributed by atoms with van der Waals surface area (Å²) in [6.45, 7) is 7.92. The van der Waals surface area contributed by atoms with Gasteiger partial charge in [0.15, 0.2) is 11.5 Å². The lowest BCUT2D eigenvalue weighted by molar-refractivity contribution is -0.127. The third-order valence-electron chi connectivity index (χ3n) is 5.99. The maximum Gasteiger partial charge on any atom is 0.294 e. The highest BCUT2D eigenvalue weighted by Crippen LogP contribution is 2.38. The lowest BCUT2D eigenvalue weighted by Gasteiger charge is -2.17. The van der Waals surface area contributed by atoms with Gasteiger partial charge in [-0.25, -0.2) is 0 Å². The van der Waals surface area contributed by atoms with Gasteiger partial charge in [-0.05, 0) is 79.1 Å². The third kappa shape index (κ3) is 7.14. The quantitative estimate of drug-likeness (QED) is 0.195. The van der Waals surface area contributed by atoms with E-state index < -0.39 is 23.6 Å². The maximum atomic E-state index is 13.1. The monoisotopic (exact) mass is 576 g/mol. The number of allylic oxidation sites excluding steroid dienone is 1. The largest absolute Gasteiger partial charge is 0.490 e. The molecule has 206 valence electrons. The Morgan fingerprint density at radius 2 is 1.88 bits per heavy atom. The summed E-state index contributed by atoms with van der Waals surface area (Å²) < 4.78 is 12.1. The van der Waals surface area contributed by atoms with Crippen LogP contribution in [0.1, 0.15) is 29.2 Å². The number of hydrogen-bond acceptors (Lipinski definition) is 6. The first-order chi connectivity index (χ1) is 19.3. The second-order valence-corrected chi connectivity index (χ2v) is 10.4. The van der Waals surface area contributed by atoms with E-state index in [0.717, 1.165) is 33.4 Å². The zero-order valence-electron chi connectivity index (χ0n) is 22.2. The highest BCUT2D eigenvalue weighted by atomic mass is 35.5. The molecule has 1 aliphatic rings. The zero-order valence-corrected chi connectivity index (χ0v) is 23.8. The van der Waals surface area contributed by atoms with E-state index in [2.05, 4.69) is 11.9 Å². The van der Waals surface area contributed by atoms with Crippen LogP contribution in [0.4, 0.5) is 10.5 Å². The molecule has 1 heterocycles. The first kappa shape index (κ1) is 29.0. The maximum absolute atomic E-state index is 13.1. The van der Waals surface area contributed by atoms with Crippen molar-refractivity contribution in [3.63, 3.8) is 0 Å². The summed E-state index contributed by atoms with van der Waals surface area (Å²) in [6.07, 6.45) is 3.90. The molecule has 0 aliphatic carbocycles. The van der Waals surface area contributed by atoms with E-state index in [-0.39, 0.29) is 4.91 Å². The minimum Gasteiger partial charge on any atom is -0.490 e. The third-order valence-corrected chi connectivity index (χ3v) is 7.13. The van der Waals surface area contributed by atoms with Gasteiger partial charge in [0.25, 0.3) is 11.1 Å². The molecule has 4 rings (SSSR count). The van der Waals surface area contributed by atoms with Gasteiger partial charge < -0.3 is 14.8 Å². The van der Waals surface area contributed by atoms with E-state index in [1.54, 1.807) is 36.4 Å². The lowest BCUT2D eigenvalue weighted by atomic mass is 10.0. The van der Waals surface area contributed by atoms with E-state index in [1.807, 2.05) is 50.2 Å². The van der Waals surface area contributed by atoms with Gasteiger partial charge in [0, 0.05) is 16.3 Å². The van der Waals surface area contributed by atoms with E-state index in [1.165, 1.54) is 0 Å². The van der Waals surface area contributed by atoms with E-state index in [4.69, 9.17) is 21.1 Å². The molecule has 0 aromatic heterocycles. The van der Waals surface area contributed by atoms with Crippen molar-refractivity contribution in [2.24, 2.45) is 0 Å². The van der Waals surface area contributed by atoms with Crippen molar-refractivity contribution in [2.75, 3.05) is 18.5 Å². The lowest BCUT2D eigenvalue weighted by Crippen LogP contribution is -2.36. The number of amides is 3. The number of nitrogens with zero attached hydrogens (tertiary/aromatic N) is 1. The summed E-state index contributed by atoms with van der Waals surface area (Å²) >= 11 is 6.81. The van der Waals surface area contributed by atoms with Crippen LogP contribution in [0.2, 0.25) is 5.02 Å². The fourth-order valence-electron chi connectivity index (χ4n) is 4.08. The molecule has 3 aromatic carbocycles. The number of ether oxygens (including phenoxy) is 2. The summed E-state index contributed by atoms with van der Waals surface area (Å²) in [5.41, 5.74) is 3.84. The molecular weight excluding hydrogens is 548 g/mol. The van der Waals surface area contributed by atoms with Gasteiger partial charge >= 0.3 is 0 Å². The Morgan fingerprint density at radius 3 is 2.60 bits per heavy atom. The molecule has 0 atom stereocenters. The topological polar surface area (TPSA) is 84.9 Å². The van der Waals surface area contributed by atoms with Gasteiger partial charge in [0.05, 0.1) is 11.5 Å². The summed E-state index contributed by atoms with van der Waals surface area (Å²) in [4.78, 5) is 39.6. The van der Waals surface area contributed by atoms with Crippen LogP contribution in [-0.4, -0.2) is 35.1 Å². The van der Waals surface area contributed by atoms with Crippen LogP contribution in [-0.2, 0) is 22.6 Å². The fourth-order valence-corrected chi connectivity index (χ4v) is 5.09. The number of halogens is 1. The Kier molecular flexibility index (Phi) is 9.69. The Labute approximate surface area is 242 Å². The molecule has 0 bridgehead atoms. The van der Waals surface area contributed by atoms with Crippen molar-refractivity contribution in [3.05, 3.63) is 106 Å². The van der Waals surface area contributed by atoms with Crippen molar-refractivity contribution in [2.45, 2.75) is 26.9 Å². The second kappa shape index (κ2) is 13.4. The molecular formula is C31H29ClN2O5S. The molecule has 3 amide bonds. The van der Waals surface area contributed by atoms with Gasteiger partial charge in [-0.1, -0.05) is 54.1 Å². The first-order valence-electron chi connectivity index (χ1n) is 12.7. The normalized spacial score (nSPS) is 14.0. The molecule has 40 heavy (non-hydrogen) atoms. The van der Waals surface area contributed by atoms with Crippen LogP contribution in [0.3, 0.4) is 0 Å². The van der Waals surface area contributed by atoms with Gasteiger partial charge in [0.1, 0.15) is 13.2 Å². The number of carbonyl (C=O) groups excluding carboxylic acids is 3. The smallest absolute Gasteiger partial charge is 0.294 e. The van der Waals surface area contributed by atoms with Crippen LogP contribution < -0.4 is 14.8 Å². The molecule has 0 radical (unpaired) electrons. The first-order valence-corrected chi connectivity index (χ1v) is 13.9. The molecule has 1 saturated heterocycles. The standard InChI is InChI=1S/C31H29ClN2O5S/c1-4-9-23-14-22(15-26(38-5-2)29(23)39-19-21-10-7-6-8-11-21)16-27-30(36)34(31(37)40-27)18-28(35)33-25-17-24(32)13-12-20(25)3/h4,6-8,10-17H,1,5,9,18-19H2,2-3H3,(H,33,35)/b27-16-. The van der Waals surface area contributed by atoms with Crippen LogP contribution in [0.5, 0.6) is 11.5 Å². The summed E-state index contributed by atoms with van der Waals surface area (Å²) in [5, 5.41) is 2.66. The van der Waals surface area contributed by atoms with Gasteiger partial charge in [-0.15, -0.1) is 6.58 Å². The Hall–Kier alpha value is -4.01. The van der Waals surface area contributed by atoms with E-state index in [0.29, 0.717) is 47.4 Å². The molecule has 0 saturated carbocycles.